The second-order valence-corrected chi connectivity index (χ2v) is 4.81. The van der Waals surface area contributed by atoms with Crippen molar-refractivity contribution in [1.29, 1.82) is 0 Å². The highest BCUT2D eigenvalue weighted by Gasteiger charge is 2.20. The van der Waals surface area contributed by atoms with E-state index in [1.807, 2.05) is 14.0 Å². The van der Waals surface area contributed by atoms with Gasteiger partial charge in [-0.05, 0) is 20.4 Å². The normalized spacial score (nSPS) is 14.7. The van der Waals surface area contributed by atoms with Crippen LogP contribution >= 0.6 is 0 Å². The van der Waals surface area contributed by atoms with Crippen LogP contribution < -0.4 is 5.32 Å². The summed E-state index contributed by atoms with van der Waals surface area (Å²) in [4.78, 5) is 0. The standard InChI is InChI=1S/C15H21N3/c1-5-14(16-4)10(2)15-13-9-7-6-8-12(13)11(3)17-18-15/h6-10,14,16H,5H2,1-4H3. The van der Waals surface area contributed by atoms with Gasteiger partial charge in [-0.2, -0.15) is 10.2 Å². The number of hydrogen-bond donors (Lipinski definition) is 1. The highest BCUT2D eigenvalue weighted by molar-refractivity contribution is 5.86. The molecule has 0 aliphatic heterocycles. The third-order valence-electron chi connectivity index (χ3n) is 3.75. The maximum Gasteiger partial charge on any atom is 0.0753 e. The molecule has 0 spiro atoms. The minimum absolute atomic E-state index is 0.359. The Kier molecular flexibility index (Phi) is 3.92. The zero-order valence-corrected chi connectivity index (χ0v) is 11.6. The van der Waals surface area contributed by atoms with Crippen LogP contribution in [0, 0.1) is 6.92 Å². The third kappa shape index (κ3) is 2.23. The largest absolute Gasteiger partial charge is 0.316 e. The Balaban J connectivity index is 2.54. The van der Waals surface area contributed by atoms with E-state index in [9.17, 15) is 0 Å². The topological polar surface area (TPSA) is 37.8 Å². The molecular formula is C15H21N3. The van der Waals surface area contributed by atoms with Gasteiger partial charge in [0.1, 0.15) is 0 Å². The molecule has 0 radical (unpaired) electrons. The molecule has 0 saturated carbocycles. The summed E-state index contributed by atoms with van der Waals surface area (Å²) in [5.74, 6) is 0.359. The molecular weight excluding hydrogens is 222 g/mol. The number of nitrogens with zero attached hydrogens (tertiary/aromatic N) is 2. The Bertz CT molecular complexity index is 532. The van der Waals surface area contributed by atoms with E-state index in [2.05, 4.69) is 53.6 Å². The fourth-order valence-electron chi connectivity index (χ4n) is 2.59. The van der Waals surface area contributed by atoms with Crippen LogP contribution in [0.1, 0.15) is 37.6 Å². The van der Waals surface area contributed by atoms with Crippen molar-refractivity contribution in [2.75, 3.05) is 7.05 Å². The summed E-state index contributed by atoms with van der Waals surface area (Å²) in [6, 6.07) is 8.83. The number of nitrogens with one attached hydrogen (secondary N) is 1. The van der Waals surface area contributed by atoms with Gasteiger partial charge in [-0.3, -0.25) is 0 Å². The van der Waals surface area contributed by atoms with Gasteiger partial charge >= 0.3 is 0 Å². The number of likely N-dealkylation sites (N-methyl/N-ethyl adjacent to an activating group) is 1. The van der Waals surface area contributed by atoms with Crippen LogP contribution in [0.25, 0.3) is 10.8 Å². The zero-order chi connectivity index (χ0) is 13.1. The maximum atomic E-state index is 4.43. The molecule has 18 heavy (non-hydrogen) atoms. The van der Waals surface area contributed by atoms with Crippen LogP contribution in [0.5, 0.6) is 0 Å². The first-order valence-corrected chi connectivity index (χ1v) is 6.58. The van der Waals surface area contributed by atoms with Gasteiger partial charge in [0.2, 0.25) is 0 Å². The van der Waals surface area contributed by atoms with Gasteiger partial charge in [-0.1, -0.05) is 38.1 Å². The third-order valence-corrected chi connectivity index (χ3v) is 3.75. The summed E-state index contributed by atoms with van der Waals surface area (Å²) >= 11 is 0. The SMILES string of the molecule is CCC(NC)C(C)c1nnc(C)c2ccccc12. The fourth-order valence-corrected chi connectivity index (χ4v) is 2.59. The summed E-state index contributed by atoms with van der Waals surface area (Å²) in [6.45, 7) is 6.43. The lowest BCUT2D eigenvalue weighted by atomic mass is 9.92. The molecule has 0 aliphatic rings. The highest BCUT2D eigenvalue weighted by Crippen LogP contribution is 2.27. The molecule has 0 fully saturated rings. The lowest BCUT2D eigenvalue weighted by Gasteiger charge is -2.22. The first-order valence-electron chi connectivity index (χ1n) is 6.58. The minimum Gasteiger partial charge on any atom is -0.316 e. The van der Waals surface area contributed by atoms with E-state index < -0.39 is 0 Å². The lowest BCUT2D eigenvalue weighted by molar-refractivity contribution is 0.465. The summed E-state index contributed by atoms with van der Waals surface area (Å²) in [5, 5.41) is 14.5. The monoisotopic (exact) mass is 243 g/mol. The second-order valence-electron chi connectivity index (χ2n) is 4.81. The van der Waals surface area contributed by atoms with Crippen LogP contribution in [-0.2, 0) is 0 Å². The predicted octanol–water partition coefficient (Wildman–Crippen LogP) is 3.04. The predicted molar refractivity (Wildman–Crippen MR) is 75.8 cm³/mol. The molecule has 1 heterocycles. The molecule has 0 bridgehead atoms. The molecule has 0 aliphatic carbocycles. The van der Waals surface area contributed by atoms with Gasteiger partial charge in [0, 0.05) is 22.7 Å². The van der Waals surface area contributed by atoms with E-state index in [0.29, 0.717) is 12.0 Å². The number of fused-ring (bicyclic) bond motifs is 1. The van der Waals surface area contributed by atoms with Gasteiger partial charge in [0.05, 0.1) is 11.4 Å². The Labute approximate surface area is 109 Å². The van der Waals surface area contributed by atoms with Crippen molar-refractivity contribution < 1.29 is 0 Å². The number of benzene rings is 1. The molecule has 3 heteroatoms. The molecule has 2 aromatic rings. The minimum atomic E-state index is 0.359. The first-order chi connectivity index (χ1) is 8.69. The van der Waals surface area contributed by atoms with Gasteiger partial charge in [-0.25, -0.2) is 0 Å². The zero-order valence-electron chi connectivity index (χ0n) is 11.6. The average Bonchev–Trinajstić information content (AvgIpc) is 2.41. The highest BCUT2D eigenvalue weighted by atomic mass is 15.1. The Morgan fingerprint density at radius 2 is 1.83 bits per heavy atom. The average molecular weight is 243 g/mol. The molecule has 2 rings (SSSR count). The molecule has 2 atom stereocenters. The Morgan fingerprint density at radius 1 is 1.17 bits per heavy atom. The number of hydrogen-bond acceptors (Lipinski definition) is 3. The van der Waals surface area contributed by atoms with Gasteiger partial charge in [0.25, 0.3) is 0 Å². The molecule has 1 aromatic heterocycles. The van der Waals surface area contributed by atoms with E-state index in [0.717, 1.165) is 17.8 Å². The molecule has 1 N–H and O–H groups in total. The van der Waals surface area contributed by atoms with E-state index in [1.54, 1.807) is 0 Å². The lowest BCUT2D eigenvalue weighted by Crippen LogP contribution is -2.30. The number of aromatic nitrogens is 2. The summed E-state index contributed by atoms with van der Waals surface area (Å²) in [6.07, 6.45) is 1.08. The van der Waals surface area contributed by atoms with Crippen LogP contribution in [0.4, 0.5) is 0 Å². The van der Waals surface area contributed by atoms with E-state index in [-0.39, 0.29) is 0 Å². The number of rotatable bonds is 4. The quantitative estimate of drug-likeness (QED) is 0.897. The Hall–Kier alpha value is -1.48. The smallest absolute Gasteiger partial charge is 0.0753 e. The molecule has 3 nitrogen and oxygen atoms in total. The fraction of sp³-hybridized carbons (Fsp3) is 0.467. The summed E-state index contributed by atoms with van der Waals surface area (Å²) in [7, 11) is 2.01. The molecule has 2 unspecified atom stereocenters. The molecule has 0 amide bonds. The van der Waals surface area contributed by atoms with Crippen molar-refractivity contribution in [3.05, 3.63) is 35.7 Å². The summed E-state index contributed by atoms with van der Waals surface area (Å²) < 4.78 is 0. The Morgan fingerprint density at radius 3 is 2.44 bits per heavy atom. The molecule has 1 aromatic carbocycles. The van der Waals surface area contributed by atoms with Crippen LogP contribution in [0.15, 0.2) is 24.3 Å². The van der Waals surface area contributed by atoms with Crippen LogP contribution in [0.2, 0.25) is 0 Å². The molecule has 96 valence electrons. The van der Waals surface area contributed by atoms with Gasteiger partial charge in [0.15, 0.2) is 0 Å². The maximum absolute atomic E-state index is 4.43. The van der Waals surface area contributed by atoms with E-state index >= 15 is 0 Å². The summed E-state index contributed by atoms with van der Waals surface area (Å²) in [5.41, 5.74) is 2.09. The van der Waals surface area contributed by atoms with Crippen molar-refractivity contribution in [3.63, 3.8) is 0 Å². The van der Waals surface area contributed by atoms with E-state index in [1.165, 1.54) is 10.8 Å². The van der Waals surface area contributed by atoms with Crippen LogP contribution in [0.3, 0.4) is 0 Å². The van der Waals surface area contributed by atoms with Crippen molar-refractivity contribution in [2.45, 2.75) is 39.2 Å². The molecule has 0 saturated heterocycles. The van der Waals surface area contributed by atoms with E-state index in [4.69, 9.17) is 0 Å². The van der Waals surface area contributed by atoms with Crippen molar-refractivity contribution in [2.24, 2.45) is 0 Å². The van der Waals surface area contributed by atoms with Gasteiger partial charge in [-0.15, -0.1) is 0 Å². The van der Waals surface area contributed by atoms with Crippen molar-refractivity contribution in [1.82, 2.24) is 15.5 Å². The van der Waals surface area contributed by atoms with Crippen LogP contribution in [-0.4, -0.2) is 23.3 Å². The first kappa shape index (κ1) is 13.0. The van der Waals surface area contributed by atoms with Gasteiger partial charge < -0.3 is 5.32 Å². The van der Waals surface area contributed by atoms with Crippen molar-refractivity contribution >= 4 is 10.8 Å². The van der Waals surface area contributed by atoms with Crippen molar-refractivity contribution in [3.8, 4) is 0 Å². The second kappa shape index (κ2) is 5.44. The number of aryl methyl sites for hydroxylation is 1.